The standard InChI is InChI=1S/C23H27N3O3S/c1-3-7-22(28)26-13-12-17-18(14-24)23(30-20(17)15-26)25-21(27)11-10-16-8-5-6-9-19(16)29-4-2/h5-6,8-9H,3-4,7,10-13,15H2,1-2H3,(H,25,27). The van der Waals surface area contributed by atoms with Gasteiger partial charge >= 0.3 is 0 Å². The minimum atomic E-state index is -0.129. The van der Waals surface area contributed by atoms with Crippen LogP contribution in [0.2, 0.25) is 0 Å². The van der Waals surface area contributed by atoms with Crippen molar-refractivity contribution in [2.75, 3.05) is 18.5 Å². The van der Waals surface area contributed by atoms with Crippen LogP contribution in [0.3, 0.4) is 0 Å². The van der Waals surface area contributed by atoms with E-state index < -0.39 is 0 Å². The largest absolute Gasteiger partial charge is 0.494 e. The van der Waals surface area contributed by atoms with Crippen molar-refractivity contribution in [3.63, 3.8) is 0 Å². The lowest BCUT2D eigenvalue weighted by molar-refractivity contribution is -0.132. The summed E-state index contributed by atoms with van der Waals surface area (Å²) in [5.74, 6) is 0.817. The van der Waals surface area contributed by atoms with E-state index in [1.165, 1.54) is 11.3 Å². The first kappa shape index (κ1) is 21.8. The van der Waals surface area contributed by atoms with Crippen molar-refractivity contribution in [1.82, 2.24) is 4.90 Å². The third kappa shape index (κ3) is 5.00. The van der Waals surface area contributed by atoms with E-state index in [0.717, 1.165) is 28.2 Å². The Hall–Kier alpha value is -2.85. The number of nitrogens with zero attached hydrogens (tertiary/aromatic N) is 2. The second-order valence-electron chi connectivity index (χ2n) is 7.22. The molecule has 2 aromatic rings. The van der Waals surface area contributed by atoms with Gasteiger partial charge in [0.2, 0.25) is 11.8 Å². The number of ether oxygens (including phenoxy) is 1. The van der Waals surface area contributed by atoms with Crippen molar-refractivity contribution in [3.8, 4) is 11.8 Å². The van der Waals surface area contributed by atoms with Gasteiger partial charge in [-0.3, -0.25) is 9.59 Å². The molecule has 0 spiro atoms. The zero-order valence-corrected chi connectivity index (χ0v) is 18.3. The number of nitrogens with one attached hydrogen (secondary N) is 1. The molecule has 0 atom stereocenters. The van der Waals surface area contributed by atoms with Gasteiger partial charge in [-0.1, -0.05) is 25.1 Å². The molecule has 158 valence electrons. The van der Waals surface area contributed by atoms with Gasteiger partial charge < -0.3 is 15.0 Å². The highest BCUT2D eigenvalue weighted by atomic mass is 32.1. The number of carbonyl (C=O) groups excluding carboxylic acids is 2. The quantitative estimate of drug-likeness (QED) is 0.684. The second kappa shape index (κ2) is 10.3. The summed E-state index contributed by atoms with van der Waals surface area (Å²) in [6, 6.07) is 9.97. The number of amides is 2. The summed E-state index contributed by atoms with van der Waals surface area (Å²) in [6.07, 6.45) is 2.89. The predicted octanol–water partition coefficient (Wildman–Crippen LogP) is 4.27. The van der Waals surface area contributed by atoms with E-state index in [2.05, 4.69) is 11.4 Å². The molecule has 2 amide bonds. The summed E-state index contributed by atoms with van der Waals surface area (Å²) < 4.78 is 5.62. The molecule has 30 heavy (non-hydrogen) atoms. The van der Waals surface area contributed by atoms with Crippen LogP contribution in [0.5, 0.6) is 5.75 Å². The van der Waals surface area contributed by atoms with E-state index in [1.54, 1.807) is 0 Å². The van der Waals surface area contributed by atoms with E-state index in [-0.39, 0.29) is 11.8 Å². The highest BCUT2D eigenvalue weighted by Gasteiger charge is 2.27. The van der Waals surface area contributed by atoms with Gasteiger partial charge in [0.25, 0.3) is 0 Å². The summed E-state index contributed by atoms with van der Waals surface area (Å²) in [5.41, 5.74) is 2.51. The zero-order chi connectivity index (χ0) is 21.5. The van der Waals surface area contributed by atoms with E-state index in [1.807, 2.05) is 43.0 Å². The van der Waals surface area contributed by atoms with Crippen LogP contribution in [0.4, 0.5) is 5.00 Å². The Morgan fingerprint density at radius 2 is 2.07 bits per heavy atom. The zero-order valence-electron chi connectivity index (χ0n) is 17.5. The van der Waals surface area contributed by atoms with Gasteiger partial charge in [0, 0.05) is 24.3 Å². The smallest absolute Gasteiger partial charge is 0.225 e. The number of hydrogen-bond donors (Lipinski definition) is 1. The fourth-order valence-corrected chi connectivity index (χ4v) is 4.87. The second-order valence-corrected chi connectivity index (χ2v) is 8.33. The van der Waals surface area contributed by atoms with Crippen molar-refractivity contribution in [3.05, 3.63) is 45.8 Å². The molecule has 0 unspecified atom stereocenters. The van der Waals surface area contributed by atoms with Gasteiger partial charge in [0.1, 0.15) is 16.8 Å². The van der Waals surface area contributed by atoms with E-state index >= 15 is 0 Å². The number of rotatable bonds is 8. The third-order valence-electron chi connectivity index (χ3n) is 5.13. The molecule has 0 aliphatic carbocycles. The molecular weight excluding hydrogens is 398 g/mol. The number of hydrogen-bond acceptors (Lipinski definition) is 5. The Balaban J connectivity index is 1.67. The Labute approximate surface area is 181 Å². The maximum atomic E-state index is 12.6. The molecule has 0 radical (unpaired) electrons. The van der Waals surface area contributed by atoms with Crippen LogP contribution in [0.15, 0.2) is 24.3 Å². The lowest BCUT2D eigenvalue weighted by atomic mass is 10.0. The van der Waals surface area contributed by atoms with Crippen LogP contribution in [0.1, 0.15) is 54.7 Å². The van der Waals surface area contributed by atoms with Crippen molar-refractivity contribution < 1.29 is 14.3 Å². The molecule has 1 aliphatic rings. The molecule has 6 nitrogen and oxygen atoms in total. The van der Waals surface area contributed by atoms with E-state index in [0.29, 0.717) is 55.9 Å². The van der Waals surface area contributed by atoms with Gasteiger partial charge in [0.15, 0.2) is 0 Å². The summed E-state index contributed by atoms with van der Waals surface area (Å²) >= 11 is 1.41. The van der Waals surface area contributed by atoms with Crippen molar-refractivity contribution >= 4 is 28.2 Å². The number of aryl methyl sites for hydroxylation is 1. The first-order chi connectivity index (χ1) is 14.6. The Morgan fingerprint density at radius 3 is 2.80 bits per heavy atom. The third-order valence-corrected chi connectivity index (χ3v) is 6.26. The minimum Gasteiger partial charge on any atom is -0.494 e. The molecular formula is C23H27N3O3S. The molecule has 1 N–H and O–H groups in total. The number of anilines is 1. The molecule has 0 saturated carbocycles. The number of thiophene rings is 1. The predicted molar refractivity (Wildman–Crippen MR) is 118 cm³/mol. The van der Waals surface area contributed by atoms with Crippen LogP contribution in [-0.4, -0.2) is 29.9 Å². The lowest BCUT2D eigenvalue weighted by Gasteiger charge is -2.26. The molecule has 1 aromatic carbocycles. The molecule has 3 rings (SSSR count). The lowest BCUT2D eigenvalue weighted by Crippen LogP contribution is -2.35. The molecule has 0 fully saturated rings. The van der Waals surface area contributed by atoms with Crippen LogP contribution in [0, 0.1) is 11.3 Å². The van der Waals surface area contributed by atoms with Crippen molar-refractivity contribution in [1.29, 1.82) is 5.26 Å². The first-order valence-electron chi connectivity index (χ1n) is 10.4. The Morgan fingerprint density at radius 1 is 1.27 bits per heavy atom. The summed E-state index contributed by atoms with van der Waals surface area (Å²) in [6.45, 7) is 5.65. The number of benzene rings is 1. The molecule has 0 bridgehead atoms. The van der Waals surface area contributed by atoms with Crippen LogP contribution in [0.25, 0.3) is 0 Å². The molecule has 2 heterocycles. The van der Waals surface area contributed by atoms with Crippen LogP contribution in [-0.2, 0) is 29.0 Å². The van der Waals surface area contributed by atoms with E-state index in [4.69, 9.17) is 4.74 Å². The average Bonchev–Trinajstić information content (AvgIpc) is 3.09. The van der Waals surface area contributed by atoms with Gasteiger partial charge in [-0.2, -0.15) is 5.26 Å². The van der Waals surface area contributed by atoms with Crippen LogP contribution >= 0.6 is 11.3 Å². The number of para-hydroxylation sites is 1. The monoisotopic (exact) mass is 425 g/mol. The Bertz CT molecular complexity index is 961. The maximum absolute atomic E-state index is 12.6. The number of nitriles is 1. The van der Waals surface area contributed by atoms with Gasteiger partial charge in [0.05, 0.1) is 18.7 Å². The molecule has 1 aliphatic heterocycles. The molecule has 1 aromatic heterocycles. The number of fused-ring (bicyclic) bond motifs is 1. The van der Waals surface area contributed by atoms with Gasteiger partial charge in [-0.25, -0.2) is 0 Å². The fourth-order valence-electron chi connectivity index (χ4n) is 3.64. The highest BCUT2D eigenvalue weighted by Crippen LogP contribution is 2.37. The maximum Gasteiger partial charge on any atom is 0.225 e. The fraction of sp³-hybridized carbons (Fsp3) is 0.435. The Kier molecular flexibility index (Phi) is 7.47. The summed E-state index contributed by atoms with van der Waals surface area (Å²) in [7, 11) is 0. The molecule has 7 heteroatoms. The topological polar surface area (TPSA) is 82.4 Å². The minimum absolute atomic E-state index is 0.129. The molecule has 0 saturated heterocycles. The average molecular weight is 426 g/mol. The van der Waals surface area contributed by atoms with E-state index in [9.17, 15) is 14.9 Å². The highest BCUT2D eigenvalue weighted by molar-refractivity contribution is 7.16. The first-order valence-corrected chi connectivity index (χ1v) is 11.2. The van der Waals surface area contributed by atoms with Crippen LogP contribution < -0.4 is 10.1 Å². The summed E-state index contributed by atoms with van der Waals surface area (Å²) in [4.78, 5) is 27.6. The van der Waals surface area contributed by atoms with Gasteiger partial charge in [-0.05, 0) is 43.4 Å². The van der Waals surface area contributed by atoms with Gasteiger partial charge in [-0.15, -0.1) is 11.3 Å². The number of carbonyl (C=O) groups is 2. The van der Waals surface area contributed by atoms with Crippen molar-refractivity contribution in [2.45, 2.75) is 52.5 Å². The SMILES string of the molecule is CCCC(=O)N1CCc2c(sc(NC(=O)CCc3ccccc3OCC)c2C#N)C1. The van der Waals surface area contributed by atoms with Crippen molar-refractivity contribution in [2.24, 2.45) is 0 Å². The normalized spacial score (nSPS) is 12.8. The summed E-state index contributed by atoms with van der Waals surface area (Å²) in [5, 5.41) is 13.2.